The molecule has 3 rings (SSSR count). The number of carbonyl (C=O) groups excluding carboxylic acids is 1. The number of carboxylic acids is 1. The second kappa shape index (κ2) is 6.95. The molecule has 1 aromatic rings. The lowest BCUT2D eigenvalue weighted by Crippen LogP contribution is -2.44. The van der Waals surface area contributed by atoms with Gasteiger partial charge in [0, 0.05) is 6.92 Å². The van der Waals surface area contributed by atoms with Crippen molar-refractivity contribution in [1.29, 1.82) is 0 Å². The number of rotatable bonds is 10. The van der Waals surface area contributed by atoms with Gasteiger partial charge in [-0.2, -0.15) is 9.78 Å². The third kappa shape index (κ3) is 3.07. The Morgan fingerprint density at radius 2 is 1.74 bits per heavy atom. The summed E-state index contributed by atoms with van der Waals surface area (Å²) < 4.78 is 27.5. The number of carbonyl (C=O) groups is 2. The summed E-state index contributed by atoms with van der Waals surface area (Å²) in [6.07, 6.45) is 0. The summed E-state index contributed by atoms with van der Waals surface area (Å²) in [6.45, 7) is 4.37. The minimum atomic E-state index is -3.51. The lowest BCUT2D eigenvalue weighted by molar-refractivity contribution is -0.540. The minimum absolute atomic E-state index is 0.0408. The Balaban J connectivity index is 2.20. The molecule has 1 N–H and O–H groups in total. The Labute approximate surface area is 153 Å². The van der Waals surface area contributed by atoms with Gasteiger partial charge in [0.25, 0.3) is 0 Å². The average Bonchev–Trinajstić information content (AvgIpc) is 3.40. The second-order valence-electron chi connectivity index (χ2n) is 5.44. The average molecular weight is 404 g/mol. The van der Waals surface area contributed by atoms with Gasteiger partial charge in [0.2, 0.25) is 0 Å². The molecule has 0 unspecified atom stereocenters. The highest BCUT2D eigenvalue weighted by molar-refractivity contribution is 7.68. The third-order valence-corrected chi connectivity index (χ3v) is 5.49. The highest BCUT2D eigenvalue weighted by Gasteiger charge is 3.02. The van der Waals surface area contributed by atoms with E-state index in [-0.39, 0.29) is 24.3 Å². The zero-order valence-corrected chi connectivity index (χ0v) is 15.5. The van der Waals surface area contributed by atoms with Gasteiger partial charge in [-0.05, 0) is 26.0 Å². The van der Waals surface area contributed by atoms with Gasteiger partial charge in [0.05, 0.1) is 18.8 Å². The van der Waals surface area contributed by atoms with Crippen molar-refractivity contribution < 1.29 is 52.6 Å². The molecule has 2 heterocycles. The van der Waals surface area contributed by atoms with E-state index in [0.717, 1.165) is 6.92 Å². The number of hydrogen-bond acceptors (Lipinski definition) is 10. The van der Waals surface area contributed by atoms with Crippen LogP contribution in [-0.2, 0) is 43.7 Å². The van der Waals surface area contributed by atoms with Gasteiger partial charge < -0.3 is 9.84 Å². The first-order valence-corrected chi connectivity index (χ1v) is 9.49. The molecule has 148 valence electrons. The molecule has 0 atom stereocenters. The van der Waals surface area contributed by atoms with E-state index in [9.17, 15) is 19.3 Å². The van der Waals surface area contributed by atoms with Gasteiger partial charge in [-0.1, -0.05) is 6.07 Å². The van der Waals surface area contributed by atoms with Crippen molar-refractivity contribution in [3.8, 4) is 5.75 Å². The fraction of sp³-hybridized carbons (Fsp3) is 0.467. The third-order valence-electron chi connectivity index (χ3n) is 3.63. The summed E-state index contributed by atoms with van der Waals surface area (Å²) in [6, 6.07) is 3.87. The first-order valence-electron chi connectivity index (χ1n) is 7.95. The topological polar surface area (TPSA) is 143 Å². The molecule has 0 saturated carbocycles. The van der Waals surface area contributed by atoms with Gasteiger partial charge in [0.1, 0.15) is 5.56 Å². The number of benzene rings is 1. The molecule has 1 aromatic carbocycles. The summed E-state index contributed by atoms with van der Waals surface area (Å²) in [5.74, 6) is -4.86. The van der Waals surface area contributed by atoms with Crippen LogP contribution in [-0.4, -0.2) is 35.8 Å². The van der Waals surface area contributed by atoms with Crippen LogP contribution in [0.2, 0.25) is 0 Å². The Morgan fingerprint density at radius 3 is 2.15 bits per heavy atom. The monoisotopic (exact) mass is 404 g/mol. The molecule has 2 fully saturated rings. The Kier molecular flexibility index (Phi) is 5.12. The molecule has 27 heavy (non-hydrogen) atoms. The molecule has 0 amide bonds. The van der Waals surface area contributed by atoms with E-state index in [0.29, 0.717) is 0 Å². The lowest BCUT2D eigenvalue weighted by Gasteiger charge is -2.30. The van der Waals surface area contributed by atoms with Crippen molar-refractivity contribution in [3.05, 3.63) is 29.3 Å². The first-order chi connectivity index (χ1) is 12.8. The maximum absolute atomic E-state index is 12.3. The van der Waals surface area contributed by atoms with E-state index in [1.54, 1.807) is 13.8 Å². The Morgan fingerprint density at radius 1 is 1.19 bits per heavy atom. The summed E-state index contributed by atoms with van der Waals surface area (Å²) in [5, 5.41) is 9.45. The molecule has 0 aromatic heterocycles. The van der Waals surface area contributed by atoms with E-state index in [4.69, 9.17) is 33.3 Å². The number of para-hydroxylation sites is 1. The maximum Gasteiger partial charge on any atom is 0.403 e. The largest absolute Gasteiger partial charge is 0.478 e. The van der Waals surface area contributed by atoms with Crippen molar-refractivity contribution >= 4 is 19.5 Å². The summed E-state index contributed by atoms with van der Waals surface area (Å²) >= 11 is 0. The number of esters is 1. The van der Waals surface area contributed by atoms with E-state index in [1.807, 2.05) is 0 Å². The van der Waals surface area contributed by atoms with Crippen molar-refractivity contribution in [2.24, 2.45) is 0 Å². The van der Waals surface area contributed by atoms with E-state index in [1.165, 1.54) is 18.2 Å². The zero-order chi connectivity index (χ0) is 19.9. The van der Waals surface area contributed by atoms with Crippen LogP contribution in [0.4, 0.5) is 0 Å². The van der Waals surface area contributed by atoms with Crippen molar-refractivity contribution in [2.45, 2.75) is 32.1 Å². The zero-order valence-electron chi connectivity index (χ0n) is 14.6. The Hall–Kier alpha value is -1.85. The summed E-state index contributed by atoms with van der Waals surface area (Å²) in [7, 11) is -3.51. The molecule has 12 heteroatoms. The molecule has 0 radical (unpaired) electrons. The van der Waals surface area contributed by atoms with Gasteiger partial charge in [-0.3, -0.25) is 18.4 Å². The molecule has 2 aliphatic rings. The molecule has 0 bridgehead atoms. The first kappa shape index (κ1) is 19.9. The highest BCUT2D eigenvalue weighted by Crippen LogP contribution is 3.01. The fourth-order valence-corrected chi connectivity index (χ4v) is 4.25. The Bertz CT molecular complexity index is 802. The molecule has 11 nitrogen and oxygen atoms in total. The number of aromatic carboxylic acids is 1. The standard InChI is InChI=1S/C15H17O11P/c1-4-20-23-14(24-21-5-2,15-25-27(15,19)26-15)11-8-6-7-10(13(17)18)12(11)22-9(3)16/h6-8H,4-5H2,1-3H3,(H,17,18). The maximum atomic E-state index is 12.3. The number of fused-ring (bicyclic) bond motifs is 1. The van der Waals surface area contributed by atoms with Gasteiger partial charge in [0.15, 0.2) is 5.75 Å². The quantitative estimate of drug-likeness (QED) is 0.117. The van der Waals surface area contributed by atoms with Crippen LogP contribution in [0.5, 0.6) is 5.75 Å². The SMILES string of the molecule is CCOOC(OOCC)(c1cccc(C(=O)O)c1OC(C)=O)C12OP1(=O)O2. The molecule has 0 spiro atoms. The summed E-state index contributed by atoms with van der Waals surface area (Å²) in [5.41, 5.74) is -2.44. The van der Waals surface area contributed by atoms with E-state index >= 15 is 0 Å². The van der Waals surface area contributed by atoms with Crippen molar-refractivity contribution in [2.75, 3.05) is 13.2 Å². The fourth-order valence-electron chi connectivity index (χ4n) is 2.47. The van der Waals surface area contributed by atoms with E-state index in [2.05, 4.69) is 0 Å². The molecule has 2 saturated heterocycles. The molecular formula is C15H17O11P. The minimum Gasteiger partial charge on any atom is -0.478 e. The predicted molar refractivity (Wildman–Crippen MR) is 84.3 cm³/mol. The van der Waals surface area contributed by atoms with Crippen LogP contribution >= 0.6 is 7.60 Å². The molecule has 0 aliphatic carbocycles. The van der Waals surface area contributed by atoms with E-state index < -0.39 is 36.6 Å². The van der Waals surface area contributed by atoms with Crippen molar-refractivity contribution in [1.82, 2.24) is 0 Å². The summed E-state index contributed by atoms with van der Waals surface area (Å²) in [4.78, 5) is 43.7. The van der Waals surface area contributed by atoms with Crippen LogP contribution in [0.1, 0.15) is 36.7 Å². The normalized spacial score (nSPS) is 25.6. The van der Waals surface area contributed by atoms with Crippen LogP contribution < -0.4 is 4.74 Å². The highest BCUT2D eigenvalue weighted by atomic mass is 31.2. The van der Waals surface area contributed by atoms with Crippen molar-refractivity contribution in [3.63, 3.8) is 0 Å². The van der Waals surface area contributed by atoms with Gasteiger partial charge in [-0.25, -0.2) is 14.6 Å². The van der Waals surface area contributed by atoms with Crippen LogP contribution in [0.25, 0.3) is 0 Å². The predicted octanol–water partition coefficient (Wildman–Crippen LogP) is 2.31. The second-order valence-corrected chi connectivity index (χ2v) is 7.39. The number of hydrogen-bond donors (Lipinski definition) is 1. The van der Waals surface area contributed by atoms with Gasteiger partial charge >= 0.3 is 30.8 Å². The molecule has 2 aliphatic heterocycles. The molecular weight excluding hydrogens is 387 g/mol. The van der Waals surface area contributed by atoms with Crippen LogP contribution in [0.3, 0.4) is 0 Å². The lowest BCUT2D eigenvalue weighted by atomic mass is 10.00. The van der Waals surface area contributed by atoms with Crippen LogP contribution in [0.15, 0.2) is 18.2 Å². The van der Waals surface area contributed by atoms with Crippen LogP contribution in [0, 0.1) is 0 Å². The smallest absolute Gasteiger partial charge is 0.403 e. The number of ether oxygens (including phenoxy) is 1. The van der Waals surface area contributed by atoms with Gasteiger partial charge in [-0.15, -0.1) is 0 Å². The number of carboxylic acid groups (broad SMARTS) is 1.